The summed E-state index contributed by atoms with van der Waals surface area (Å²) in [4.78, 5) is 6.97. The monoisotopic (exact) mass is 237 g/mol. The molecule has 0 aliphatic carbocycles. The molecule has 2 aromatic rings. The molecule has 1 aromatic heterocycles. The van der Waals surface area contributed by atoms with Crippen LogP contribution < -0.4 is 5.73 Å². The molecule has 0 aliphatic heterocycles. The highest BCUT2D eigenvalue weighted by Gasteiger charge is 2.12. The van der Waals surface area contributed by atoms with E-state index in [4.69, 9.17) is 5.73 Å². The Morgan fingerprint density at radius 3 is 2.88 bits per heavy atom. The van der Waals surface area contributed by atoms with Crippen molar-refractivity contribution in [3.63, 3.8) is 0 Å². The molecule has 3 nitrogen and oxygen atoms in total. The fraction of sp³-hybridized carbons (Fsp3) is 0.250. The van der Waals surface area contributed by atoms with E-state index < -0.39 is 11.6 Å². The van der Waals surface area contributed by atoms with E-state index in [9.17, 15) is 8.78 Å². The Labute approximate surface area is 97.7 Å². The molecule has 90 valence electrons. The normalized spacial score (nSPS) is 12.7. The Morgan fingerprint density at radius 1 is 1.41 bits per heavy atom. The van der Waals surface area contributed by atoms with Gasteiger partial charge in [0.25, 0.3) is 0 Å². The summed E-state index contributed by atoms with van der Waals surface area (Å²) in [6.45, 7) is 1.93. The van der Waals surface area contributed by atoms with Gasteiger partial charge in [0.05, 0.1) is 17.9 Å². The average molecular weight is 237 g/mol. The van der Waals surface area contributed by atoms with Gasteiger partial charge in [-0.2, -0.15) is 0 Å². The molecule has 0 saturated carbocycles. The fourth-order valence-corrected chi connectivity index (χ4v) is 1.56. The summed E-state index contributed by atoms with van der Waals surface area (Å²) in [5.74, 6) is -0.407. The highest BCUT2D eigenvalue weighted by molar-refractivity contribution is 5.59. The average Bonchev–Trinajstić information content (AvgIpc) is 2.80. The number of nitrogens with one attached hydrogen (secondary N) is 1. The van der Waals surface area contributed by atoms with Crippen molar-refractivity contribution in [1.82, 2.24) is 9.97 Å². The summed E-state index contributed by atoms with van der Waals surface area (Å²) in [7, 11) is 0. The van der Waals surface area contributed by atoms with Crippen LogP contribution in [0.15, 0.2) is 24.4 Å². The van der Waals surface area contributed by atoms with Gasteiger partial charge in [0, 0.05) is 5.56 Å². The van der Waals surface area contributed by atoms with Gasteiger partial charge in [-0.1, -0.05) is 6.92 Å². The van der Waals surface area contributed by atoms with Gasteiger partial charge in [0.15, 0.2) is 0 Å². The van der Waals surface area contributed by atoms with E-state index in [1.165, 1.54) is 6.20 Å². The summed E-state index contributed by atoms with van der Waals surface area (Å²) < 4.78 is 26.5. The van der Waals surface area contributed by atoms with Crippen LogP contribution in [-0.2, 0) is 0 Å². The lowest BCUT2D eigenvalue weighted by Gasteiger charge is -2.04. The zero-order valence-corrected chi connectivity index (χ0v) is 9.37. The van der Waals surface area contributed by atoms with Crippen molar-refractivity contribution in [2.75, 3.05) is 0 Å². The third kappa shape index (κ3) is 2.34. The second-order valence-electron chi connectivity index (χ2n) is 3.82. The van der Waals surface area contributed by atoms with Gasteiger partial charge >= 0.3 is 0 Å². The Hall–Kier alpha value is -1.75. The molecule has 0 radical (unpaired) electrons. The molecular formula is C12H13F2N3. The number of hydrogen-bond donors (Lipinski definition) is 2. The van der Waals surface area contributed by atoms with Crippen molar-refractivity contribution >= 4 is 0 Å². The SMILES string of the molecule is CCC(N)c1ncc(-c2cc(F)ccc2F)[nH]1. The third-order valence-electron chi connectivity index (χ3n) is 2.61. The molecule has 5 heteroatoms. The second-order valence-corrected chi connectivity index (χ2v) is 3.82. The van der Waals surface area contributed by atoms with Gasteiger partial charge in [0.1, 0.15) is 17.5 Å². The Morgan fingerprint density at radius 2 is 2.18 bits per heavy atom. The molecule has 0 fully saturated rings. The van der Waals surface area contributed by atoms with Crippen LogP contribution in [0.4, 0.5) is 8.78 Å². The molecule has 0 saturated heterocycles. The molecule has 1 heterocycles. The van der Waals surface area contributed by atoms with E-state index in [-0.39, 0.29) is 11.6 Å². The molecule has 17 heavy (non-hydrogen) atoms. The van der Waals surface area contributed by atoms with Gasteiger partial charge in [-0.3, -0.25) is 0 Å². The standard InChI is InChI=1S/C12H13F2N3/c1-2-10(15)12-16-6-11(17-12)8-5-7(13)3-4-9(8)14/h3-6,10H,2,15H2,1H3,(H,16,17). The zero-order chi connectivity index (χ0) is 12.4. The van der Waals surface area contributed by atoms with Crippen LogP contribution in [0.5, 0.6) is 0 Å². The summed E-state index contributed by atoms with van der Waals surface area (Å²) in [5, 5.41) is 0. The number of nitrogens with two attached hydrogens (primary N) is 1. The van der Waals surface area contributed by atoms with Crippen molar-refractivity contribution in [1.29, 1.82) is 0 Å². The van der Waals surface area contributed by atoms with Gasteiger partial charge < -0.3 is 10.7 Å². The fourth-order valence-electron chi connectivity index (χ4n) is 1.56. The zero-order valence-electron chi connectivity index (χ0n) is 9.37. The van der Waals surface area contributed by atoms with E-state index in [1.54, 1.807) is 0 Å². The number of rotatable bonds is 3. The molecule has 2 rings (SSSR count). The van der Waals surface area contributed by atoms with Crippen LogP contribution in [0, 0.1) is 11.6 Å². The molecule has 1 atom stereocenters. The van der Waals surface area contributed by atoms with Crippen molar-refractivity contribution < 1.29 is 8.78 Å². The topological polar surface area (TPSA) is 54.7 Å². The van der Waals surface area contributed by atoms with E-state index in [0.29, 0.717) is 11.5 Å². The quantitative estimate of drug-likeness (QED) is 0.862. The van der Waals surface area contributed by atoms with Crippen molar-refractivity contribution in [2.45, 2.75) is 19.4 Å². The summed E-state index contributed by atoms with van der Waals surface area (Å²) in [6, 6.07) is 3.07. The van der Waals surface area contributed by atoms with Crippen molar-refractivity contribution in [3.8, 4) is 11.3 Å². The first kappa shape index (κ1) is 11.7. The Bertz CT molecular complexity index is 522. The summed E-state index contributed by atoms with van der Waals surface area (Å²) >= 11 is 0. The smallest absolute Gasteiger partial charge is 0.132 e. The van der Waals surface area contributed by atoms with E-state index in [0.717, 1.165) is 24.6 Å². The highest BCUT2D eigenvalue weighted by atomic mass is 19.1. The molecule has 0 spiro atoms. The summed E-state index contributed by atoms with van der Waals surface area (Å²) in [6.07, 6.45) is 2.18. The third-order valence-corrected chi connectivity index (χ3v) is 2.61. The van der Waals surface area contributed by atoms with Crippen molar-refractivity contribution in [2.24, 2.45) is 5.73 Å². The predicted octanol–water partition coefficient (Wildman–Crippen LogP) is 2.76. The van der Waals surface area contributed by atoms with Gasteiger partial charge in [-0.05, 0) is 24.6 Å². The van der Waals surface area contributed by atoms with Crippen LogP contribution in [0.25, 0.3) is 11.3 Å². The number of aromatic nitrogens is 2. The number of benzene rings is 1. The molecule has 0 bridgehead atoms. The van der Waals surface area contributed by atoms with Gasteiger partial charge in [0.2, 0.25) is 0 Å². The van der Waals surface area contributed by atoms with E-state index >= 15 is 0 Å². The highest BCUT2D eigenvalue weighted by Crippen LogP contribution is 2.23. The first-order valence-corrected chi connectivity index (χ1v) is 5.37. The largest absolute Gasteiger partial charge is 0.341 e. The second kappa shape index (κ2) is 4.63. The minimum Gasteiger partial charge on any atom is -0.341 e. The molecule has 0 amide bonds. The number of aromatic amines is 1. The maximum atomic E-state index is 13.5. The number of hydrogen-bond acceptors (Lipinski definition) is 2. The molecular weight excluding hydrogens is 224 g/mol. The van der Waals surface area contributed by atoms with E-state index in [2.05, 4.69) is 9.97 Å². The lowest BCUT2D eigenvalue weighted by atomic mass is 10.1. The Balaban J connectivity index is 2.40. The molecule has 0 aliphatic rings. The maximum Gasteiger partial charge on any atom is 0.132 e. The number of nitrogens with zero attached hydrogens (tertiary/aromatic N) is 1. The molecule has 1 unspecified atom stereocenters. The predicted molar refractivity (Wildman–Crippen MR) is 61.2 cm³/mol. The van der Waals surface area contributed by atoms with Crippen molar-refractivity contribution in [3.05, 3.63) is 41.9 Å². The van der Waals surface area contributed by atoms with E-state index in [1.807, 2.05) is 6.92 Å². The maximum absolute atomic E-state index is 13.5. The minimum absolute atomic E-state index is 0.159. The van der Waals surface area contributed by atoms with Gasteiger partial charge in [-0.25, -0.2) is 13.8 Å². The van der Waals surface area contributed by atoms with Crippen LogP contribution in [0.1, 0.15) is 25.2 Å². The lowest BCUT2D eigenvalue weighted by Crippen LogP contribution is -2.10. The van der Waals surface area contributed by atoms with Crippen LogP contribution >= 0.6 is 0 Å². The van der Waals surface area contributed by atoms with Crippen LogP contribution in [0.3, 0.4) is 0 Å². The van der Waals surface area contributed by atoms with Crippen LogP contribution in [-0.4, -0.2) is 9.97 Å². The number of H-pyrrole nitrogens is 1. The first-order valence-electron chi connectivity index (χ1n) is 5.37. The number of halogens is 2. The summed E-state index contributed by atoms with van der Waals surface area (Å²) in [5.41, 5.74) is 6.38. The minimum atomic E-state index is -0.494. The Kier molecular flexibility index (Phi) is 3.19. The number of imidazole rings is 1. The lowest BCUT2D eigenvalue weighted by molar-refractivity contribution is 0.602. The molecule has 3 N–H and O–H groups in total. The first-order chi connectivity index (χ1) is 8.11. The molecule has 1 aromatic carbocycles. The van der Waals surface area contributed by atoms with Gasteiger partial charge in [-0.15, -0.1) is 0 Å². The van der Waals surface area contributed by atoms with Crippen LogP contribution in [0.2, 0.25) is 0 Å².